The fourth-order valence-electron chi connectivity index (χ4n) is 3.73. The van der Waals surface area contributed by atoms with E-state index in [1.54, 1.807) is 12.2 Å². The molecular formula is C15H22N2O2. The fraction of sp³-hybridized carbons (Fsp3) is 0.867. The highest BCUT2D eigenvalue weighted by molar-refractivity contribution is 5.35. The first-order valence-corrected chi connectivity index (χ1v) is 7.44. The van der Waals surface area contributed by atoms with Crippen molar-refractivity contribution >= 4 is 12.2 Å². The minimum absolute atomic E-state index is 0.0823. The van der Waals surface area contributed by atoms with Crippen molar-refractivity contribution in [3.63, 3.8) is 0 Å². The number of nitrogens with zero attached hydrogens (tertiary/aromatic N) is 2. The molecule has 104 valence electrons. The average molecular weight is 262 g/mol. The Labute approximate surface area is 114 Å². The maximum absolute atomic E-state index is 10.7. The summed E-state index contributed by atoms with van der Waals surface area (Å²) < 4.78 is 0. The molecule has 2 rings (SSSR count). The van der Waals surface area contributed by atoms with Crippen molar-refractivity contribution in [3.05, 3.63) is 0 Å². The van der Waals surface area contributed by atoms with Crippen LogP contribution in [0.1, 0.15) is 64.2 Å². The molecule has 2 aliphatic carbocycles. The Kier molecular flexibility index (Phi) is 5.07. The SMILES string of the molecule is O=C=NC1CCC(CC2CCCCC2)(N=C=O)CC1. The Morgan fingerprint density at radius 3 is 2.21 bits per heavy atom. The summed E-state index contributed by atoms with van der Waals surface area (Å²) in [5, 5.41) is 0. The predicted molar refractivity (Wildman–Crippen MR) is 72.4 cm³/mol. The molecule has 0 saturated heterocycles. The molecule has 0 atom stereocenters. The summed E-state index contributed by atoms with van der Waals surface area (Å²) in [5.74, 6) is 0.706. The van der Waals surface area contributed by atoms with Gasteiger partial charge in [-0.05, 0) is 38.0 Å². The zero-order chi connectivity index (χ0) is 13.6. The first kappa shape index (κ1) is 14.2. The lowest BCUT2D eigenvalue weighted by Crippen LogP contribution is -2.36. The van der Waals surface area contributed by atoms with E-state index in [2.05, 4.69) is 9.98 Å². The molecule has 0 heterocycles. The third kappa shape index (κ3) is 3.86. The molecule has 0 unspecified atom stereocenters. The van der Waals surface area contributed by atoms with E-state index < -0.39 is 0 Å². The monoisotopic (exact) mass is 262 g/mol. The number of rotatable bonds is 4. The molecule has 0 aromatic heterocycles. The van der Waals surface area contributed by atoms with Crippen molar-refractivity contribution in [2.75, 3.05) is 0 Å². The van der Waals surface area contributed by atoms with Crippen molar-refractivity contribution in [2.24, 2.45) is 15.9 Å². The van der Waals surface area contributed by atoms with Gasteiger partial charge < -0.3 is 0 Å². The van der Waals surface area contributed by atoms with Crippen LogP contribution in [0, 0.1) is 5.92 Å². The third-order valence-corrected chi connectivity index (χ3v) is 4.80. The molecular weight excluding hydrogens is 240 g/mol. The Bertz CT molecular complexity index is 381. The second kappa shape index (κ2) is 6.79. The van der Waals surface area contributed by atoms with Gasteiger partial charge in [-0.15, -0.1) is 0 Å². The standard InChI is InChI=1S/C15H22N2O2/c18-11-16-14-6-8-15(9-7-14,17-12-19)10-13-4-2-1-3-5-13/h13-14H,1-10H2. The van der Waals surface area contributed by atoms with E-state index in [-0.39, 0.29) is 11.6 Å². The molecule has 0 spiro atoms. The van der Waals surface area contributed by atoms with Gasteiger partial charge in [0.05, 0.1) is 11.6 Å². The van der Waals surface area contributed by atoms with Crippen molar-refractivity contribution in [1.29, 1.82) is 0 Å². The molecule has 2 aliphatic rings. The molecule has 4 heteroatoms. The van der Waals surface area contributed by atoms with Crippen LogP contribution in [0.15, 0.2) is 9.98 Å². The van der Waals surface area contributed by atoms with Crippen LogP contribution in [0.3, 0.4) is 0 Å². The van der Waals surface area contributed by atoms with Crippen molar-refractivity contribution < 1.29 is 9.59 Å². The van der Waals surface area contributed by atoms with Gasteiger partial charge in [-0.25, -0.2) is 14.6 Å². The van der Waals surface area contributed by atoms with E-state index in [1.165, 1.54) is 32.1 Å². The highest BCUT2D eigenvalue weighted by Crippen LogP contribution is 2.41. The topological polar surface area (TPSA) is 58.9 Å². The molecule has 0 aromatic rings. The number of aliphatic imine (C=N–C) groups is 2. The van der Waals surface area contributed by atoms with Crippen LogP contribution in [-0.2, 0) is 9.59 Å². The van der Waals surface area contributed by atoms with Gasteiger partial charge >= 0.3 is 0 Å². The lowest BCUT2D eigenvalue weighted by Gasteiger charge is -2.38. The molecule has 0 radical (unpaired) electrons. The zero-order valence-corrected chi connectivity index (χ0v) is 11.4. The summed E-state index contributed by atoms with van der Waals surface area (Å²) >= 11 is 0. The van der Waals surface area contributed by atoms with Gasteiger partial charge in [0.2, 0.25) is 12.2 Å². The van der Waals surface area contributed by atoms with Gasteiger partial charge in [0.15, 0.2) is 0 Å². The van der Waals surface area contributed by atoms with Crippen LogP contribution in [0.25, 0.3) is 0 Å². The summed E-state index contributed by atoms with van der Waals surface area (Å²) in [6, 6.07) is 0.0823. The summed E-state index contributed by atoms with van der Waals surface area (Å²) in [6.07, 6.45) is 14.3. The molecule has 0 aliphatic heterocycles. The summed E-state index contributed by atoms with van der Waals surface area (Å²) in [6.45, 7) is 0. The maximum atomic E-state index is 10.7. The van der Waals surface area contributed by atoms with Gasteiger partial charge in [-0.2, -0.15) is 4.99 Å². The maximum Gasteiger partial charge on any atom is 0.235 e. The van der Waals surface area contributed by atoms with Crippen LogP contribution in [0.2, 0.25) is 0 Å². The Morgan fingerprint density at radius 1 is 0.947 bits per heavy atom. The molecule has 0 amide bonds. The second-order valence-electron chi connectivity index (χ2n) is 6.09. The predicted octanol–water partition coefficient (Wildman–Crippen LogP) is 3.31. The van der Waals surface area contributed by atoms with E-state index in [1.807, 2.05) is 0 Å². The van der Waals surface area contributed by atoms with Crippen LogP contribution in [-0.4, -0.2) is 23.7 Å². The first-order valence-electron chi connectivity index (χ1n) is 7.44. The van der Waals surface area contributed by atoms with Crippen molar-refractivity contribution in [1.82, 2.24) is 0 Å². The Balaban J connectivity index is 1.98. The van der Waals surface area contributed by atoms with E-state index in [0.29, 0.717) is 5.92 Å². The molecule has 0 aromatic carbocycles. The quantitative estimate of drug-likeness (QED) is 0.576. The van der Waals surface area contributed by atoms with E-state index in [9.17, 15) is 9.59 Å². The molecule has 2 fully saturated rings. The van der Waals surface area contributed by atoms with Crippen molar-refractivity contribution in [3.8, 4) is 0 Å². The number of isocyanates is 2. The number of hydrogen-bond acceptors (Lipinski definition) is 4. The fourth-order valence-corrected chi connectivity index (χ4v) is 3.73. The van der Waals surface area contributed by atoms with E-state index in [0.717, 1.165) is 32.1 Å². The lowest BCUT2D eigenvalue weighted by atomic mass is 9.72. The second-order valence-corrected chi connectivity index (χ2v) is 6.09. The molecule has 4 nitrogen and oxygen atoms in total. The van der Waals surface area contributed by atoms with Gasteiger partial charge in [-0.3, -0.25) is 0 Å². The van der Waals surface area contributed by atoms with Gasteiger partial charge in [-0.1, -0.05) is 32.1 Å². The minimum atomic E-state index is -0.224. The van der Waals surface area contributed by atoms with Gasteiger partial charge in [0.25, 0.3) is 0 Å². The largest absolute Gasteiger partial charge is 0.235 e. The molecule has 19 heavy (non-hydrogen) atoms. The number of carbonyl (C=O) groups excluding carboxylic acids is 2. The van der Waals surface area contributed by atoms with Gasteiger partial charge in [0, 0.05) is 0 Å². The van der Waals surface area contributed by atoms with Crippen LogP contribution >= 0.6 is 0 Å². The van der Waals surface area contributed by atoms with Crippen molar-refractivity contribution in [2.45, 2.75) is 75.8 Å². The smallest absolute Gasteiger partial charge is 0.211 e. The average Bonchev–Trinajstić information content (AvgIpc) is 2.43. The highest BCUT2D eigenvalue weighted by Gasteiger charge is 2.37. The molecule has 0 bridgehead atoms. The van der Waals surface area contributed by atoms with E-state index >= 15 is 0 Å². The minimum Gasteiger partial charge on any atom is -0.211 e. The summed E-state index contributed by atoms with van der Waals surface area (Å²) in [5.41, 5.74) is -0.224. The van der Waals surface area contributed by atoms with E-state index in [4.69, 9.17) is 0 Å². The first-order chi connectivity index (χ1) is 9.28. The lowest BCUT2D eigenvalue weighted by molar-refractivity contribution is 0.199. The summed E-state index contributed by atoms with van der Waals surface area (Å²) in [4.78, 5) is 29.0. The Hall–Kier alpha value is -1.24. The van der Waals surface area contributed by atoms with Crippen LogP contribution in [0.4, 0.5) is 0 Å². The Morgan fingerprint density at radius 2 is 1.63 bits per heavy atom. The number of hydrogen-bond donors (Lipinski definition) is 0. The molecule has 2 saturated carbocycles. The summed E-state index contributed by atoms with van der Waals surface area (Å²) in [7, 11) is 0. The van der Waals surface area contributed by atoms with Crippen LogP contribution in [0.5, 0.6) is 0 Å². The van der Waals surface area contributed by atoms with Crippen LogP contribution < -0.4 is 0 Å². The normalized spacial score (nSPS) is 32.1. The van der Waals surface area contributed by atoms with Gasteiger partial charge in [0.1, 0.15) is 0 Å². The highest BCUT2D eigenvalue weighted by atomic mass is 16.1. The third-order valence-electron chi connectivity index (χ3n) is 4.80. The zero-order valence-electron chi connectivity index (χ0n) is 11.4. The molecule has 0 N–H and O–H groups in total.